The maximum absolute atomic E-state index is 13.5. The Balaban J connectivity index is 6.21. The van der Waals surface area contributed by atoms with Gasteiger partial charge in [-0.25, -0.2) is 0 Å². The van der Waals surface area contributed by atoms with Crippen LogP contribution < -0.4 is 9.79 Å². The van der Waals surface area contributed by atoms with Crippen molar-refractivity contribution in [3.63, 3.8) is 0 Å². The molecule has 0 atom stereocenters. The van der Waals surface area contributed by atoms with Gasteiger partial charge in [-0.05, 0) is 55.4 Å². The summed E-state index contributed by atoms with van der Waals surface area (Å²) in [6.45, 7) is 13.6. The third-order valence-corrected chi connectivity index (χ3v) is 9.02. The van der Waals surface area contributed by atoms with Crippen molar-refractivity contribution in [1.29, 1.82) is 0 Å². The van der Waals surface area contributed by atoms with Gasteiger partial charge in [-0.2, -0.15) is 18.1 Å². The zero-order chi connectivity index (χ0) is 19.3. The molecule has 0 spiro atoms. The van der Waals surface area contributed by atoms with E-state index in [1.165, 1.54) is 0 Å². The molecule has 6 nitrogen and oxygen atoms in total. The van der Waals surface area contributed by atoms with Crippen molar-refractivity contribution in [2.45, 2.75) is 79.8 Å². The Morgan fingerprint density at radius 2 is 0.833 bits per heavy atom. The first-order valence-electron chi connectivity index (χ1n) is 7.80. The van der Waals surface area contributed by atoms with Crippen LogP contribution in [0.5, 0.6) is 0 Å². The van der Waals surface area contributed by atoms with E-state index in [1.807, 2.05) is 0 Å². The van der Waals surface area contributed by atoms with Crippen LogP contribution in [0.1, 0.15) is 55.4 Å². The lowest BCUT2D eigenvalue weighted by Gasteiger charge is -2.37. The average molecular weight is 420 g/mol. The fourth-order valence-electron chi connectivity index (χ4n) is 1.75. The van der Waals surface area contributed by atoms with E-state index < -0.39 is 40.3 Å². The number of rotatable bonds is 10. The zero-order valence-electron chi connectivity index (χ0n) is 15.5. The minimum Gasteiger partial charge on any atom is -0.624 e. The molecule has 0 aromatic rings. The molecule has 0 aliphatic rings. The van der Waals surface area contributed by atoms with Crippen molar-refractivity contribution in [1.82, 2.24) is 0 Å². The van der Waals surface area contributed by atoms with Crippen LogP contribution in [-0.4, -0.2) is 24.4 Å². The van der Waals surface area contributed by atoms with Gasteiger partial charge in [-0.1, -0.05) is 0 Å². The monoisotopic (exact) mass is 420 g/mol. The molecular weight excluding hydrogens is 390 g/mol. The largest absolute Gasteiger partial charge is 0.624 e. The molecule has 0 heterocycles. The van der Waals surface area contributed by atoms with Gasteiger partial charge in [0.2, 0.25) is 0 Å². The molecular formula is C14H30O6P2S2. The Labute approximate surface area is 158 Å². The minimum absolute atomic E-state index is 0.0655. The summed E-state index contributed by atoms with van der Waals surface area (Å²) in [5.41, 5.74) is 0. The van der Waals surface area contributed by atoms with Gasteiger partial charge < -0.3 is 9.79 Å². The zero-order valence-corrected chi connectivity index (χ0v) is 19.1. The van der Waals surface area contributed by atoms with Crippen LogP contribution in [0.3, 0.4) is 0 Å². The summed E-state index contributed by atoms with van der Waals surface area (Å²) in [5.74, 6) is 0. The summed E-state index contributed by atoms with van der Waals surface area (Å²) < 4.78 is 22.0. The highest BCUT2D eigenvalue weighted by atomic mass is 32.2. The van der Waals surface area contributed by atoms with Gasteiger partial charge in [0, 0.05) is 0 Å². The van der Waals surface area contributed by atoms with Gasteiger partial charge in [0.15, 0.2) is 0 Å². The average Bonchev–Trinajstić information content (AvgIpc) is 2.20. The standard InChI is InChI=1S/C14H30O6P2S2/c1-9(2)17-21(15,18-10(3)4)13(14(23)24)22(16,19-11(5)6)20-12(7)8/h9-12,23-24H,1-8H3. The van der Waals surface area contributed by atoms with Crippen molar-refractivity contribution in [3.8, 4) is 0 Å². The lowest BCUT2D eigenvalue weighted by Crippen LogP contribution is -2.31. The first-order chi connectivity index (χ1) is 10.7. The topological polar surface area (TPSA) is 83.0 Å². The fourth-order valence-corrected chi connectivity index (χ4v) is 8.20. The highest BCUT2D eigenvalue weighted by Gasteiger charge is 2.58. The minimum atomic E-state index is -4.02. The van der Waals surface area contributed by atoms with E-state index >= 15 is 0 Å². The van der Waals surface area contributed by atoms with Crippen molar-refractivity contribution in [2.24, 2.45) is 0 Å². The van der Waals surface area contributed by atoms with E-state index in [1.54, 1.807) is 55.4 Å². The second kappa shape index (κ2) is 10.4. The van der Waals surface area contributed by atoms with E-state index in [9.17, 15) is 9.79 Å². The highest BCUT2D eigenvalue weighted by molar-refractivity contribution is 8.06. The van der Waals surface area contributed by atoms with Crippen molar-refractivity contribution >= 4 is 41.1 Å². The number of thiol groups is 2. The molecule has 0 N–H and O–H groups in total. The molecule has 0 rings (SSSR count). The van der Waals surface area contributed by atoms with Gasteiger partial charge in [0.05, 0.1) is 24.4 Å². The predicted octanol–water partition coefficient (Wildman–Crippen LogP) is 3.92. The van der Waals surface area contributed by atoms with Crippen LogP contribution in [0.4, 0.5) is 0 Å². The fraction of sp³-hybridized carbons (Fsp3) is 0.857. The lowest BCUT2D eigenvalue weighted by molar-refractivity contribution is -0.230. The van der Waals surface area contributed by atoms with E-state index in [0.29, 0.717) is 0 Å². The summed E-state index contributed by atoms with van der Waals surface area (Å²) >= 11 is 8.30. The van der Waals surface area contributed by atoms with Crippen molar-refractivity contribution < 1.29 is 27.9 Å². The van der Waals surface area contributed by atoms with Gasteiger partial charge >= 0.3 is 20.9 Å². The van der Waals surface area contributed by atoms with Crippen molar-refractivity contribution in [2.75, 3.05) is 0 Å². The van der Waals surface area contributed by atoms with Crippen LogP contribution >= 0.6 is 41.1 Å². The predicted molar refractivity (Wildman–Crippen MR) is 104 cm³/mol. The Kier molecular flexibility index (Phi) is 10.9. The summed E-state index contributed by atoms with van der Waals surface area (Å²) in [5, 5.41) is -0.272. The quantitative estimate of drug-likeness (QED) is 0.412. The summed E-state index contributed by atoms with van der Waals surface area (Å²) in [7, 11) is -8.04. The van der Waals surface area contributed by atoms with Crippen LogP contribution in [0.15, 0.2) is 9.29 Å². The Morgan fingerprint density at radius 1 is 0.625 bits per heavy atom. The second-order valence-corrected chi connectivity index (χ2v) is 11.6. The molecule has 0 fully saturated rings. The number of hydrogen-bond acceptors (Lipinski definition) is 8. The van der Waals surface area contributed by atoms with Gasteiger partial charge in [-0.15, -0.1) is 25.3 Å². The molecule has 0 saturated heterocycles. The summed E-state index contributed by atoms with van der Waals surface area (Å²) in [4.78, 5) is 26.9. The normalized spacial score (nSPS) is 13.5. The van der Waals surface area contributed by atoms with Crippen molar-refractivity contribution in [3.05, 3.63) is 9.29 Å². The lowest BCUT2D eigenvalue weighted by atomic mass is 10.5. The molecule has 144 valence electrons. The third kappa shape index (κ3) is 8.17. The molecule has 0 amide bonds. The smallest absolute Gasteiger partial charge is 0.331 e. The maximum atomic E-state index is 13.5. The van der Waals surface area contributed by atoms with Crippen LogP contribution in [-0.2, 0) is 18.1 Å². The molecule has 0 radical (unpaired) electrons. The van der Waals surface area contributed by atoms with E-state index in [-0.39, 0.29) is 9.29 Å². The second-order valence-electron chi connectivity index (χ2n) is 6.26. The SMILES string of the molecule is CC(C)O[P+]([O-])(OC(C)C)C(=C(S)S)[P+]([O-])(OC(C)C)OC(C)C. The first kappa shape index (κ1) is 25.1. The molecule has 24 heavy (non-hydrogen) atoms. The summed E-state index contributed by atoms with van der Waals surface area (Å²) in [6.07, 6.45) is -1.79. The maximum Gasteiger partial charge on any atom is 0.331 e. The summed E-state index contributed by atoms with van der Waals surface area (Å²) in [6, 6.07) is 0. The molecule has 0 aromatic carbocycles. The van der Waals surface area contributed by atoms with Crippen LogP contribution in [0.25, 0.3) is 0 Å². The Bertz CT molecular complexity index is 373. The molecule has 10 heteroatoms. The van der Waals surface area contributed by atoms with Gasteiger partial charge in [-0.3, -0.25) is 0 Å². The van der Waals surface area contributed by atoms with Gasteiger partial charge in [0.25, 0.3) is 0 Å². The molecule has 0 aromatic heterocycles. The van der Waals surface area contributed by atoms with E-state index in [2.05, 4.69) is 25.3 Å². The molecule has 0 saturated carbocycles. The Hall–Kier alpha value is 1.06. The highest BCUT2D eigenvalue weighted by Crippen LogP contribution is 2.80. The van der Waals surface area contributed by atoms with Gasteiger partial charge in [0.1, 0.15) is 4.24 Å². The molecule has 0 aliphatic carbocycles. The molecule has 0 aliphatic heterocycles. The first-order valence-corrected chi connectivity index (χ1v) is 11.8. The molecule has 0 unspecified atom stereocenters. The van der Waals surface area contributed by atoms with Crippen LogP contribution in [0, 0.1) is 0 Å². The number of hydrogen-bond donors (Lipinski definition) is 2. The third-order valence-electron chi connectivity index (χ3n) is 2.12. The van der Waals surface area contributed by atoms with E-state index in [4.69, 9.17) is 18.1 Å². The molecule has 0 bridgehead atoms. The van der Waals surface area contributed by atoms with E-state index in [0.717, 1.165) is 0 Å². The van der Waals surface area contributed by atoms with Crippen LogP contribution in [0.2, 0.25) is 0 Å². The Morgan fingerprint density at radius 3 is 0.958 bits per heavy atom.